The van der Waals surface area contributed by atoms with Crippen molar-refractivity contribution in [3.63, 3.8) is 0 Å². The van der Waals surface area contributed by atoms with E-state index in [2.05, 4.69) is 201 Å². The van der Waals surface area contributed by atoms with Crippen LogP contribution in [0.5, 0.6) is 0 Å². The molecule has 6 rings (SSSR count). The van der Waals surface area contributed by atoms with E-state index < -0.39 is 13.9 Å². The Labute approximate surface area is 276 Å². The summed E-state index contributed by atoms with van der Waals surface area (Å²) in [7, 11) is -1.77. The van der Waals surface area contributed by atoms with E-state index in [1.54, 1.807) is 0 Å². The molecule has 0 aliphatic heterocycles. The predicted molar refractivity (Wildman–Crippen MR) is 211 cm³/mol. The van der Waals surface area contributed by atoms with Gasteiger partial charge in [0, 0.05) is 0 Å². The van der Waals surface area contributed by atoms with E-state index in [0.29, 0.717) is 0 Å². The Balaban J connectivity index is 0.000000184. The van der Waals surface area contributed by atoms with Crippen molar-refractivity contribution < 1.29 is 0 Å². The van der Waals surface area contributed by atoms with Crippen LogP contribution in [-0.2, 0) is 0 Å². The second-order valence-electron chi connectivity index (χ2n) is 11.0. The monoisotopic (exact) mass is 631 g/mol. The van der Waals surface area contributed by atoms with Crippen molar-refractivity contribution in [2.75, 3.05) is 0 Å². The molecular formula is C44H41P2+. The first kappa shape index (κ1) is 32.5. The fraction of sp³-hybridized carbons (Fsp3) is 0. The molecule has 0 radical (unpaired) electrons. The Morgan fingerprint density at radius 2 is 0.717 bits per heavy atom. The summed E-state index contributed by atoms with van der Waals surface area (Å²) in [6, 6.07) is 61.8. The Kier molecular flexibility index (Phi) is 10.2. The first-order valence-electron chi connectivity index (χ1n) is 15.4. The number of hydrogen-bond acceptors (Lipinski definition) is 0. The van der Waals surface area contributed by atoms with Gasteiger partial charge in [-0.05, 0) is 36.4 Å². The van der Waals surface area contributed by atoms with E-state index in [0.717, 1.165) is 5.56 Å². The molecule has 0 nitrogen and oxygen atoms in total. The molecule has 0 saturated heterocycles. The molecule has 0 spiro atoms. The normalized spacial score (nSPS) is 11.9. The molecule has 0 atom stereocenters. The van der Waals surface area contributed by atoms with Crippen molar-refractivity contribution in [3.8, 4) is 0 Å². The van der Waals surface area contributed by atoms with Gasteiger partial charge in [0.15, 0.2) is 0 Å². The van der Waals surface area contributed by atoms with Crippen LogP contribution in [0.25, 0.3) is 6.08 Å². The molecule has 6 aromatic rings. The summed E-state index contributed by atoms with van der Waals surface area (Å²) in [4.78, 5) is 0. The van der Waals surface area contributed by atoms with Crippen LogP contribution < -0.4 is 31.8 Å². The molecular weight excluding hydrogens is 590 g/mol. The molecule has 0 aromatic heterocycles. The van der Waals surface area contributed by atoms with Gasteiger partial charge in [0.2, 0.25) is 0 Å². The standard InChI is InChI=1S/C24H23P.C20H18P/c1-4-21-15-13-14-20-24(21)25(5-2,6-3,22-16-9-7-10-17-22)23-18-11-8-12-19-23;1-2-21(18-12-6-3-7-13-18,19-14-8-4-9-15-19)20-16-10-5-11-17-20/h4-20H,1-3H2;2-17H,1H2/q;+1. The van der Waals surface area contributed by atoms with E-state index in [1.807, 2.05) is 24.3 Å². The first-order valence-corrected chi connectivity index (χ1v) is 19.7. The minimum atomic E-state index is -3.04. The number of rotatable bonds is 10. The van der Waals surface area contributed by atoms with Crippen LogP contribution in [0.4, 0.5) is 0 Å². The Morgan fingerprint density at radius 1 is 0.391 bits per heavy atom. The van der Waals surface area contributed by atoms with E-state index in [9.17, 15) is 0 Å². The summed E-state index contributed by atoms with van der Waals surface area (Å²) in [5.74, 6) is 6.42. The SMILES string of the molecule is C=C[P+](c1ccccc1)(c1ccccc1)c1ccccc1.C=Cc1ccccc1P(C=C)(C=C)(c1ccccc1)c1ccccc1. The van der Waals surface area contributed by atoms with E-state index >= 15 is 0 Å². The van der Waals surface area contributed by atoms with Crippen LogP contribution in [0.15, 0.2) is 220 Å². The Morgan fingerprint density at radius 3 is 1.04 bits per heavy atom. The quantitative estimate of drug-likeness (QED) is 0.132. The van der Waals surface area contributed by atoms with Gasteiger partial charge in [-0.3, -0.25) is 0 Å². The van der Waals surface area contributed by atoms with Crippen molar-refractivity contribution in [1.82, 2.24) is 0 Å². The Bertz CT molecular complexity index is 1750. The summed E-state index contributed by atoms with van der Waals surface area (Å²) in [5.41, 5.74) is 1.12. The fourth-order valence-corrected chi connectivity index (χ4v) is 14.9. The molecule has 0 heterocycles. The second kappa shape index (κ2) is 14.5. The molecule has 0 aliphatic carbocycles. The third-order valence-electron chi connectivity index (χ3n) is 8.82. The van der Waals surface area contributed by atoms with Crippen LogP contribution in [0.1, 0.15) is 5.56 Å². The third-order valence-corrected chi connectivity index (χ3v) is 18.5. The van der Waals surface area contributed by atoms with Crippen molar-refractivity contribution in [2.45, 2.75) is 0 Å². The van der Waals surface area contributed by atoms with Gasteiger partial charge in [-0.2, -0.15) is 0 Å². The zero-order valence-corrected chi connectivity index (χ0v) is 28.1. The predicted octanol–water partition coefficient (Wildman–Crippen LogP) is 9.57. The zero-order chi connectivity index (χ0) is 32.3. The van der Waals surface area contributed by atoms with Gasteiger partial charge in [-0.25, -0.2) is 0 Å². The molecule has 0 bridgehead atoms. The minimum absolute atomic E-state index is 1.12. The van der Waals surface area contributed by atoms with Gasteiger partial charge < -0.3 is 0 Å². The van der Waals surface area contributed by atoms with Crippen molar-refractivity contribution in [1.29, 1.82) is 0 Å². The van der Waals surface area contributed by atoms with Crippen LogP contribution in [0.2, 0.25) is 0 Å². The second-order valence-corrected chi connectivity index (χ2v) is 19.1. The molecule has 0 N–H and O–H groups in total. The zero-order valence-electron chi connectivity index (χ0n) is 26.3. The molecule has 226 valence electrons. The van der Waals surface area contributed by atoms with Crippen LogP contribution in [0, 0.1) is 0 Å². The third kappa shape index (κ3) is 5.57. The Hall–Kier alpha value is -4.86. The maximum atomic E-state index is 4.33. The van der Waals surface area contributed by atoms with Crippen molar-refractivity contribution in [2.24, 2.45) is 0 Å². The maximum absolute atomic E-state index is 4.33. The van der Waals surface area contributed by atoms with E-state index in [-0.39, 0.29) is 0 Å². The first-order chi connectivity index (χ1) is 22.6. The molecule has 0 saturated carbocycles. The van der Waals surface area contributed by atoms with E-state index in [1.165, 1.54) is 31.8 Å². The number of hydrogen-bond donors (Lipinski definition) is 0. The van der Waals surface area contributed by atoms with Crippen molar-refractivity contribution in [3.05, 3.63) is 225 Å². The fourth-order valence-electron chi connectivity index (χ4n) is 6.47. The molecule has 0 fully saturated rings. The molecule has 0 unspecified atom stereocenters. The van der Waals surface area contributed by atoms with Gasteiger partial charge in [-0.1, -0.05) is 61.2 Å². The molecule has 6 aromatic carbocycles. The van der Waals surface area contributed by atoms with Gasteiger partial charge >= 0.3 is 150 Å². The molecule has 2 heteroatoms. The number of benzene rings is 6. The van der Waals surface area contributed by atoms with Gasteiger partial charge in [0.05, 0.1) is 5.82 Å². The van der Waals surface area contributed by atoms with Crippen LogP contribution >= 0.6 is 13.9 Å². The van der Waals surface area contributed by atoms with Crippen molar-refractivity contribution >= 4 is 51.8 Å². The molecule has 0 aliphatic rings. The van der Waals surface area contributed by atoms with E-state index in [4.69, 9.17) is 0 Å². The van der Waals surface area contributed by atoms with Crippen LogP contribution in [0.3, 0.4) is 0 Å². The molecule has 46 heavy (non-hydrogen) atoms. The van der Waals surface area contributed by atoms with Crippen LogP contribution in [-0.4, -0.2) is 0 Å². The van der Waals surface area contributed by atoms with Gasteiger partial charge in [0.25, 0.3) is 0 Å². The molecule has 0 amide bonds. The summed E-state index contributed by atoms with van der Waals surface area (Å²) < 4.78 is 0. The topological polar surface area (TPSA) is 0 Å². The average molecular weight is 632 g/mol. The summed E-state index contributed by atoms with van der Waals surface area (Å²) in [6.45, 7) is 13.9. The summed E-state index contributed by atoms with van der Waals surface area (Å²) in [5, 5.41) is 7.73. The average Bonchev–Trinajstić information content (AvgIpc) is 3.16. The summed E-state index contributed by atoms with van der Waals surface area (Å²) >= 11 is 0. The summed E-state index contributed by atoms with van der Waals surface area (Å²) in [6.07, 6.45) is 1.93. The van der Waals surface area contributed by atoms with Gasteiger partial charge in [-0.15, -0.1) is 0 Å². The van der Waals surface area contributed by atoms with Gasteiger partial charge in [0.1, 0.15) is 23.2 Å².